The van der Waals surface area contributed by atoms with E-state index in [1.807, 2.05) is 0 Å². The Morgan fingerprint density at radius 1 is 1.37 bits per heavy atom. The molecule has 3 rings (SSSR count). The number of hydrazine groups is 1. The van der Waals surface area contributed by atoms with E-state index in [9.17, 15) is 14.4 Å². The maximum atomic E-state index is 13.7. The van der Waals surface area contributed by atoms with E-state index in [0.29, 0.717) is 21.1 Å². The van der Waals surface area contributed by atoms with Gasteiger partial charge in [-0.25, -0.2) is 15.8 Å². The van der Waals surface area contributed by atoms with Crippen molar-refractivity contribution in [3.8, 4) is 0 Å². The molecule has 1 aromatic heterocycles. The summed E-state index contributed by atoms with van der Waals surface area (Å²) >= 11 is 3.17. The number of carbonyl (C=O) groups excluding carboxylic acids is 1. The molecule has 27 heavy (non-hydrogen) atoms. The number of halogens is 2. The SMILES string of the molecule is NN/N=C(\N)CN(C(=O)c1cc(F)cc(Br)c1)c1ccc2c(cnn2O)c1. The van der Waals surface area contributed by atoms with Gasteiger partial charge in [-0.15, -0.1) is 9.94 Å². The van der Waals surface area contributed by atoms with Crippen molar-refractivity contribution in [2.75, 3.05) is 11.4 Å². The number of fused-ring (bicyclic) bond motifs is 1. The highest BCUT2D eigenvalue weighted by atomic mass is 79.9. The first-order valence-electron chi connectivity index (χ1n) is 7.61. The molecule has 3 aromatic rings. The van der Waals surface area contributed by atoms with Gasteiger partial charge in [-0.05, 0) is 36.4 Å². The highest BCUT2D eigenvalue weighted by Crippen LogP contribution is 2.24. The second-order valence-corrected chi connectivity index (χ2v) is 6.47. The molecule has 6 N–H and O–H groups in total. The molecule has 0 radical (unpaired) electrons. The van der Waals surface area contributed by atoms with Gasteiger partial charge in [0.15, 0.2) is 0 Å². The summed E-state index contributed by atoms with van der Waals surface area (Å²) in [5.74, 6) is 4.11. The van der Waals surface area contributed by atoms with Crippen molar-refractivity contribution < 1.29 is 14.4 Å². The van der Waals surface area contributed by atoms with Crippen LogP contribution in [0, 0.1) is 5.82 Å². The number of carbonyl (C=O) groups is 1. The number of anilines is 1. The minimum absolute atomic E-state index is 0.0410. The van der Waals surface area contributed by atoms with Crippen LogP contribution < -0.4 is 22.0 Å². The molecule has 1 heterocycles. The largest absolute Gasteiger partial charge is 0.411 e. The number of nitrogens with two attached hydrogens (primary N) is 2. The Kier molecular flexibility index (Phi) is 5.23. The number of rotatable bonds is 5. The van der Waals surface area contributed by atoms with Crippen molar-refractivity contribution in [2.24, 2.45) is 16.7 Å². The third kappa shape index (κ3) is 3.99. The Labute approximate surface area is 161 Å². The number of nitrogens with one attached hydrogen (secondary N) is 1. The molecule has 9 nitrogen and oxygen atoms in total. The molecule has 0 fully saturated rings. The molecule has 2 aromatic carbocycles. The van der Waals surface area contributed by atoms with Gasteiger partial charge < -0.3 is 15.8 Å². The van der Waals surface area contributed by atoms with Crippen molar-refractivity contribution >= 4 is 44.3 Å². The van der Waals surface area contributed by atoms with Crippen molar-refractivity contribution in [2.45, 2.75) is 0 Å². The molecule has 0 unspecified atom stereocenters. The molecule has 140 valence electrons. The topological polar surface area (TPSA) is 135 Å². The lowest BCUT2D eigenvalue weighted by Gasteiger charge is -2.23. The molecule has 0 bridgehead atoms. The lowest BCUT2D eigenvalue weighted by Crippen LogP contribution is -2.40. The number of amidine groups is 1. The van der Waals surface area contributed by atoms with E-state index in [1.54, 1.807) is 18.2 Å². The Balaban J connectivity index is 2.06. The van der Waals surface area contributed by atoms with Crippen LogP contribution in [0.5, 0.6) is 0 Å². The van der Waals surface area contributed by atoms with Crippen LogP contribution in [0.3, 0.4) is 0 Å². The van der Waals surface area contributed by atoms with Crippen molar-refractivity contribution in [3.63, 3.8) is 0 Å². The Hall–Kier alpha value is -3.18. The number of aromatic nitrogens is 2. The van der Waals surface area contributed by atoms with Crippen molar-refractivity contribution in [1.82, 2.24) is 15.5 Å². The number of benzene rings is 2. The van der Waals surface area contributed by atoms with Gasteiger partial charge in [0.1, 0.15) is 17.2 Å². The Bertz CT molecular complexity index is 1020. The minimum atomic E-state index is -0.560. The summed E-state index contributed by atoms with van der Waals surface area (Å²) in [6.07, 6.45) is 1.44. The molecular weight excluding hydrogens is 421 g/mol. The summed E-state index contributed by atoms with van der Waals surface area (Å²) in [4.78, 5) is 15.1. The second kappa shape index (κ2) is 7.60. The summed E-state index contributed by atoms with van der Waals surface area (Å²) in [7, 11) is 0. The third-order valence-electron chi connectivity index (χ3n) is 3.73. The fourth-order valence-electron chi connectivity index (χ4n) is 2.57. The number of hydrogen-bond acceptors (Lipinski definition) is 6. The average Bonchev–Trinajstić information content (AvgIpc) is 2.99. The molecule has 0 aliphatic heterocycles. The number of hydrogen-bond donors (Lipinski definition) is 4. The van der Waals surface area contributed by atoms with E-state index in [0.717, 1.165) is 10.9 Å². The fourth-order valence-corrected chi connectivity index (χ4v) is 3.03. The van der Waals surface area contributed by atoms with Crippen LogP contribution in [0.15, 0.2) is 52.2 Å². The average molecular weight is 436 g/mol. The zero-order valence-electron chi connectivity index (χ0n) is 13.8. The van der Waals surface area contributed by atoms with E-state index >= 15 is 0 Å². The lowest BCUT2D eigenvalue weighted by molar-refractivity contribution is 0.0990. The second-order valence-electron chi connectivity index (χ2n) is 5.56. The van der Waals surface area contributed by atoms with E-state index in [-0.39, 0.29) is 17.9 Å². The molecule has 0 saturated heterocycles. The van der Waals surface area contributed by atoms with E-state index < -0.39 is 11.7 Å². The summed E-state index contributed by atoms with van der Waals surface area (Å²) in [6, 6.07) is 8.71. The highest BCUT2D eigenvalue weighted by Gasteiger charge is 2.21. The van der Waals surface area contributed by atoms with Gasteiger partial charge in [-0.2, -0.15) is 5.10 Å². The van der Waals surface area contributed by atoms with Crippen LogP contribution in [0.2, 0.25) is 0 Å². The molecule has 0 aliphatic carbocycles. The van der Waals surface area contributed by atoms with Crippen molar-refractivity contribution in [1.29, 1.82) is 0 Å². The maximum absolute atomic E-state index is 13.7. The summed E-state index contributed by atoms with van der Waals surface area (Å²) in [6.45, 7) is -0.101. The van der Waals surface area contributed by atoms with E-state index in [2.05, 4.69) is 31.7 Å². The first-order valence-corrected chi connectivity index (χ1v) is 8.41. The van der Waals surface area contributed by atoms with Crippen molar-refractivity contribution in [3.05, 3.63) is 58.4 Å². The van der Waals surface area contributed by atoms with Crippen LogP contribution in [-0.2, 0) is 0 Å². The van der Waals surface area contributed by atoms with Crippen LogP contribution in [0.4, 0.5) is 10.1 Å². The van der Waals surface area contributed by atoms with Crippen LogP contribution in [-0.4, -0.2) is 33.4 Å². The number of amides is 1. The smallest absolute Gasteiger partial charge is 0.258 e. The van der Waals surface area contributed by atoms with Crippen LogP contribution in [0.1, 0.15) is 10.4 Å². The first-order chi connectivity index (χ1) is 12.9. The summed E-state index contributed by atoms with van der Waals surface area (Å²) in [5, 5.41) is 17.6. The minimum Gasteiger partial charge on any atom is -0.411 e. The Morgan fingerprint density at radius 2 is 2.15 bits per heavy atom. The van der Waals surface area contributed by atoms with E-state index in [1.165, 1.54) is 23.2 Å². The normalized spacial score (nSPS) is 11.6. The molecule has 0 atom stereocenters. The fraction of sp³-hybridized carbons (Fsp3) is 0.0625. The van der Waals surface area contributed by atoms with Gasteiger partial charge in [0.25, 0.3) is 5.91 Å². The predicted molar refractivity (Wildman–Crippen MR) is 102 cm³/mol. The molecule has 1 amide bonds. The molecule has 0 spiro atoms. The summed E-state index contributed by atoms with van der Waals surface area (Å²) in [5.41, 5.74) is 8.89. The lowest BCUT2D eigenvalue weighted by atomic mass is 10.1. The van der Waals surface area contributed by atoms with Gasteiger partial charge in [0.05, 0.1) is 12.7 Å². The van der Waals surface area contributed by atoms with Crippen LogP contribution >= 0.6 is 15.9 Å². The van der Waals surface area contributed by atoms with Gasteiger partial charge in [0, 0.05) is 21.1 Å². The van der Waals surface area contributed by atoms with Gasteiger partial charge in [-0.1, -0.05) is 15.9 Å². The Morgan fingerprint density at radius 3 is 2.85 bits per heavy atom. The molecule has 11 heteroatoms. The number of hydrazone groups is 1. The molecule has 0 saturated carbocycles. The first kappa shape index (κ1) is 18.6. The van der Waals surface area contributed by atoms with Gasteiger partial charge in [0.2, 0.25) is 0 Å². The van der Waals surface area contributed by atoms with Gasteiger partial charge in [-0.3, -0.25) is 4.79 Å². The maximum Gasteiger partial charge on any atom is 0.258 e. The standard InChI is InChI=1S/C16H15BrFN7O2/c17-11-3-9(4-12(18)6-11)16(26)24(8-15(19)22-23-20)13-1-2-14-10(5-13)7-21-25(14)27/h1-7,23,27H,8,20H2,(H2,19,22). The third-order valence-corrected chi connectivity index (χ3v) is 4.19. The van der Waals surface area contributed by atoms with E-state index in [4.69, 9.17) is 11.6 Å². The highest BCUT2D eigenvalue weighted by molar-refractivity contribution is 9.10. The molecular formula is C16H15BrFN7O2. The quantitative estimate of drug-likeness (QED) is 0.158. The van der Waals surface area contributed by atoms with Gasteiger partial charge >= 0.3 is 0 Å². The monoisotopic (exact) mass is 435 g/mol. The zero-order valence-corrected chi connectivity index (χ0v) is 15.4. The number of nitrogens with zero attached hydrogens (tertiary/aromatic N) is 4. The summed E-state index contributed by atoms with van der Waals surface area (Å²) < 4.78 is 14.2. The molecule has 0 aliphatic rings. The predicted octanol–water partition coefficient (Wildman–Crippen LogP) is 1.56. The van der Waals surface area contributed by atoms with Crippen LogP contribution in [0.25, 0.3) is 10.9 Å². The zero-order chi connectivity index (χ0) is 19.6.